The molecule has 0 radical (unpaired) electrons. The van der Waals surface area contributed by atoms with Crippen molar-refractivity contribution < 1.29 is 4.74 Å². The SMILES string of the molecule is CC(C)(C)C1OCCN1[O-]. The first-order chi connectivity index (χ1) is 4.52. The monoisotopic (exact) mass is 144 g/mol. The third-order valence-electron chi connectivity index (χ3n) is 1.59. The van der Waals surface area contributed by atoms with Gasteiger partial charge in [0.05, 0.1) is 6.61 Å². The Morgan fingerprint density at radius 3 is 2.30 bits per heavy atom. The number of hydrogen-bond acceptors (Lipinski definition) is 3. The summed E-state index contributed by atoms with van der Waals surface area (Å²) in [6, 6.07) is 0. The molecule has 1 saturated heterocycles. The minimum absolute atomic E-state index is 0.0573. The zero-order chi connectivity index (χ0) is 7.78. The Morgan fingerprint density at radius 2 is 2.10 bits per heavy atom. The molecule has 60 valence electrons. The maximum atomic E-state index is 11.0. The summed E-state index contributed by atoms with van der Waals surface area (Å²) in [5, 5.41) is 12.0. The standard InChI is InChI=1S/C7H14NO2/c1-7(2,3)6-8(9)4-5-10-6/h6H,4-5H2,1-3H3/q-1. The van der Waals surface area contributed by atoms with E-state index in [-0.39, 0.29) is 11.6 Å². The number of rotatable bonds is 0. The van der Waals surface area contributed by atoms with Crippen molar-refractivity contribution in [2.45, 2.75) is 27.0 Å². The summed E-state index contributed by atoms with van der Waals surface area (Å²) in [7, 11) is 0. The molecule has 0 saturated carbocycles. The summed E-state index contributed by atoms with van der Waals surface area (Å²) in [6.45, 7) is 7.11. The molecule has 1 fully saturated rings. The van der Waals surface area contributed by atoms with Gasteiger partial charge in [0.1, 0.15) is 6.23 Å². The van der Waals surface area contributed by atoms with Gasteiger partial charge in [-0.25, -0.2) is 0 Å². The van der Waals surface area contributed by atoms with Gasteiger partial charge in [-0.2, -0.15) is 0 Å². The number of hydroxylamine groups is 2. The zero-order valence-corrected chi connectivity index (χ0v) is 6.76. The van der Waals surface area contributed by atoms with E-state index in [9.17, 15) is 5.21 Å². The van der Waals surface area contributed by atoms with Gasteiger partial charge in [0.2, 0.25) is 0 Å². The second kappa shape index (κ2) is 2.49. The predicted molar refractivity (Wildman–Crippen MR) is 39.3 cm³/mol. The molecule has 0 aromatic rings. The topological polar surface area (TPSA) is 35.5 Å². The Kier molecular flexibility index (Phi) is 1.99. The third-order valence-corrected chi connectivity index (χ3v) is 1.59. The van der Waals surface area contributed by atoms with Crippen LogP contribution in [0.3, 0.4) is 0 Å². The molecule has 1 rings (SSSR count). The molecule has 0 aromatic carbocycles. The highest BCUT2D eigenvalue weighted by atomic mass is 16.6. The molecule has 0 amide bonds. The lowest BCUT2D eigenvalue weighted by Gasteiger charge is -2.37. The average Bonchev–Trinajstić information content (AvgIpc) is 2.11. The van der Waals surface area contributed by atoms with Crippen molar-refractivity contribution >= 4 is 0 Å². The molecule has 1 aliphatic heterocycles. The molecule has 1 atom stereocenters. The first-order valence-corrected chi connectivity index (χ1v) is 3.57. The van der Waals surface area contributed by atoms with Crippen LogP contribution in [0.1, 0.15) is 20.8 Å². The minimum atomic E-state index is -0.243. The molecule has 0 N–H and O–H groups in total. The van der Waals surface area contributed by atoms with Gasteiger partial charge in [-0.3, -0.25) is 0 Å². The van der Waals surface area contributed by atoms with E-state index in [0.29, 0.717) is 13.2 Å². The summed E-state index contributed by atoms with van der Waals surface area (Å²) in [5.41, 5.74) is -0.0573. The van der Waals surface area contributed by atoms with E-state index in [1.807, 2.05) is 20.8 Å². The van der Waals surface area contributed by atoms with Crippen molar-refractivity contribution in [2.24, 2.45) is 5.41 Å². The molecule has 0 aliphatic carbocycles. The molecule has 0 spiro atoms. The second-order valence-corrected chi connectivity index (χ2v) is 3.73. The smallest absolute Gasteiger partial charge is 0.104 e. The molecule has 0 bridgehead atoms. The molecular formula is C7H14NO2-. The molecule has 1 heterocycles. The highest BCUT2D eigenvalue weighted by Gasteiger charge is 2.29. The quantitative estimate of drug-likeness (QED) is 0.512. The fraction of sp³-hybridized carbons (Fsp3) is 1.00. The Hall–Kier alpha value is -0.120. The van der Waals surface area contributed by atoms with Crippen molar-refractivity contribution in [1.29, 1.82) is 0 Å². The van der Waals surface area contributed by atoms with Gasteiger partial charge in [0, 0.05) is 12.0 Å². The summed E-state index contributed by atoms with van der Waals surface area (Å²) >= 11 is 0. The predicted octanol–water partition coefficient (Wildman–Crippen LogP) is 1.19. The van der Waals surface area contributed by atoms with Crippen molar-refractivity contribution in [2.75, 3.05) is 13.2 Å². The lowest BCUT2D eigenvalue weighted by molar-refractivity contribution is -0.0279. The van der Waals surface area contributed by atoms with Gasteiger partial charge in [-0.1, -0.05) is 20.8 Å². The lowest BCUT2D eigenvalue weighted by atomic mass is 9.94. The summed E-state index contributed by atoms with van der Waals surface area (Å²) in [4.78, 5) is 0. The third kappa shape index (κ3) is 1.48. The summed E-state index contributed by atoms with van der Waals surface area (Å²) < 4.78 is 5.24. The van der Waals surface area contributed by atoms with Gasteiger partial charge in [0.25, 0.3) is 0 Å². The molecular weight excluding hydrogens is 130 g/mol. The van der Waals surface area contributed by atoms with Crippen LogP contribution in [0, 0.1) is 10.6 Å². The van der Waals surface area contributed by atoms with Crippen LogP contribution in [-0.2, 0) is 4.74 Å². The fourth-order valence-electron chi connectivity index (χ4n) is 1.14. The van der Waals surface area contributed by atoms with E-state index in [4.69, 9.17) is 4.74 Å². The van der Waals surface area contributed by atoms with Crippen LogP contribution >= 0.6 is 0 Å². The van der Waals surface area contributed by atoms with E-state index in [1.54, 1.807) is 0 Å². The summed E-state index contributed by atoms with van der Waals surface area (Å²) in [6.07, 6.45) is -0.243. The maximum Gasteiger partial charge on any atom is 0.104 e. The molecule has 10 heavy (non-hydrogen) atoms. The largest absolute Gasteiger partial charge is 0.783 e. The first kappa shape index (κ1) is 7.98. The minimum Gasteiger partial charge on any atom is -0.783 e. The van der Waals surface area contributed by atoms with Gasteiger partial charge in [-0.05, 0) is 0 Å². The Labute approximate surface area is 61.5 Å². The Morgan fingerprint density at radius 1 is 1.50 bits per heavy atom. The van der Waals surface area contributed by atoms with Gasteiger partial charge in [0.15, 0.2) is 0 Å². The van der Waals surface area contributed by atoms with Crippen LogP contribution in [0.4, 0.5) is 0 Å². The first-order valence-electron chi connectivity index (χ1n) is 3.57. The van der Waals surface area contributed by atoms with E-state index in [1.165, 1.54) is 0 Å². The number of nitrogens with zero attached hydrogens (tertiary/aromatic N) is 1. The van der Waals surface area contributed by atoms with Crippen LogP contribution in [0.15, 0.2) is 0 Å². The maximum absolute atomic E-state index is 11.0. The van der Waals surface area contributed by atoms with E-state index < -0.39 is 0 Å². The lowest BCUT2D eigenvalue weighted by Crippen LogP contribution is -2.36. The van der Waals surface area contributed by atoms with Gasteiger partial charge >= 0.3 is 0 Å². The average molecular weight is 144 g/mol. The normalized spacial score (nSPS) is 29.4. The summed E-state index contributed by atoms with van der Waals surface area (Å²) in [5.74, 6) is 0. The van der Waals surface area contributed by atoms with Crippen LogP contribution < -0.4 is 0 Å². The van der Waals surface area contributed by atoms with E-state index in [0.717, 1.165) is 5.06 Å². The van der Waals surface area contributed by atoms with Crippen molar-refractivity contribution in [3.05, 3.63) is 5.21 Å². The van der Waals surface area contributed by atoms with Crippen molar-refractivity contribution in [3.8, 4) is 0 Å². The fourth-order valence-corrected chi connectivity index (χ4v) is 1.14. The highest BCUT2D eigenvalue weighted by molar-refractivity contribution is 4.80. The van der Waals surface area contributed by atoms with Crippen molar-refractivity contribution in [3.63, 3.8) is 0 Å². The van der Waals surface area contributed by atoms with E-state index >= 15 is 0 Å². The molecule has 1 aliphatic rings. The second-order valence-electron chi connectivity index (χ2n) is 3.73. The Bertz CT molecular complexity index is 119. The van der Waals surface area contributed by atoms with Crippen molar-refractivity contribution in [1.82, 2.24) is 5.06 Å². The molecule has 3 heteroatoms. The zero-order valence-electron chi connectivity index (χ0n) is 6.76. The van der Waals surface area contributed by atoms with Crippen LogP contribution in [0.25, 0.3) is 0 Å². The highest BCUT2D eigenvalue weighted by Crippen LogP contribution is 2.27. The van der Waals surface area contributed by atoms with Crippen LogP contribution in [0.2, 0.25) is 0 Å². The van der Waals surface area contributed by atoms with Crippen LogP contribution in [0.5, 0.6) is 0 Å². The Balaban J connectivity index is 2.55. The van der Waals surface area contributed by atoms with Crippen LogP contribution in [-0.4, -0.2) is 24.4 Å². The molecule has 3 nitrogen and oxygen atoms in total. The number of ether oxygens (including phenoxy) is 1. The molecule has 0 aromatic heterocycles. The van der Waals surface area contributed by atoms with E-state index in [2.05, 4.69) is 0 Å². The van der Waals surface area contributed by atoms with Gasteiger partial charge < -0.3 is 15.0 Å². The van der Waals surface area contributed by atoms with Gasteiger partial charge in [-0.15, -0.1) is 0 Å². The molecule has 1 unspecified atom stereocenters. The number of hydrogen-bond donors (Lipinski definition) is 0.